The second-order valence-electron chi connectivity index (χ2n) is 8.96. The Hall–Kier alpha value is -4.14. The summed E-state index contributed by atoms with van der Waals surface area (Å²) in [5.41, 5.74) is 2.98. The molecule has 2 aliphatic rings. The molecule has 9 nitrogen and oxygen atoms in total. The van der Waals surface area contributed by atoms with Crippen molar-refractivity contribution in [2.45, 2.75) is 37.6 Å². The Bertz CT molecular complexity index is 1450. The first kappa shape index (κ1) is 20.5. The maximum absolute atomic E-state index is 13.1. The second-order valence-corrected chi connectivity index (χ2v) is 8.96. The predicted molar refractivity (Wildman–Crippen MR) is 126 cm³/mol. The van der Waals surface area contributed by atoms with Gasteiger partial charge in [0.2, 0.25) is 0 Å². The number of rotatable bonds is 6. The molecular formula is C25H23N7O2. The first-order valence-electron chi connectivity index (χ1n) is 11.4. The van der Waals surface area contributed by atoms with Crippen molar-refractivity contribution < 1.29 is 4.79 Å². The van der Waals surface area contributed by atoms with Crippen LogP contribution in [0, 0.1) is 0 Å². The molecule has 9 heteroatoms. The number of carbonyl (C=O) groups is 1. The average molecular weight is 454 g/mol. The zero-order valence-electron chi connectivity index (χ0n) is 18.7. The molecule has 2 saturated carbocycles. The molecule has 0 spiro atoms. The molecule has 6 rings (SSSR count). The van der Waals surface area contributed by atoms with Crippen molar-refractivity contribution in [3.05, 3.63) is 76.7 Å². The lowest BCUT2D eigenvalue weighted by Gasteiger charge is -2.10. The summed E-state index contributed by atoms with van der Waals surface area (Å²) < 4.78 is 3.43. The van der Waals surface area contributed by atoms with Gasteiger partial charge in [0.05, 0.1) is 0 Å². The molecule has 4 aromatic rings. The fourth-order valence-electron chi connectivity index (χ4n) is 4.09. The molecule has 0 saturated heterocycles. The summed E-state index contributed by atoms with van der Waals surface area (Å²) in [5.74, 6) is 1.06. The third-order valence-corrected chi connectivity index (χ3v) is 6.28. The van der Waals surface area contributed by atoms with Gasteiger partial charge in [-0.25, -0.2) is 4.98 Å². The highest BCUT2D eigenvalue weighted by Crippen LogP contribution is 2.39. The molecule has 2 aliphatic carbocycles. The van der Waals surface area contributed by atoms with Gasteiger partial charge in [-0.2, -0.15) is 0 Å². The Morgan fingerprint density at radius 3 is 2.68 bits per heavy atom. The van der Waals surface area contributed by atoms with E-state index in [2.05, 4.69) is 25.5 Å². The molecule has 0 aliphatic heterocycles. The smallest absolute Gasteiger partial charge is 0.263 e. The van der Waals surface area contributed by atoms with Gasteiger partial charge in [0.15, 0.2) is 5.82 Å². The quantitative estimate of drug-likeness (QED) is 0.478. The zero-order valence-corrected chi connectivity index (χ0v) is 18.7. The summed E-state index contributed by atoms with van der Waals surface area (Å²) in [6, 6.07) is 11.3. The lowest BCUT2D eigenvalue weighted by molar-refractivity contribution is 0.102. The predicted octanol–water partition coefficient (Wildman–Crippen LogP) is 3.57. The van der Waals surface area contributed by atoms with Gasteiger partial charge in [0.25, 0.3) is 11.5 Å². The monoisotopic (exact) mass is 453 g/mol. The topological polar surface area (TPSA) is 108 Å². The molecule has 170 valence electrons. The van der Waals surface area contributed by atoms with Crippen LogP contribution < -0.4 is 10.9 Å². The number of aryl methyl sites for hydroxylation is 1. The van der Waals surface area contributed by atoms with E-state index in [0.717, 1.165) is 29.7 Å². The highest BCUT2D eigenvalue weighted by Gasteiger charge is 2.27. The summed E-state index contributed by atoms with van der Waals surface area (Å²) in [7, 11) is 1.64. The molecule has 4 heterocycles. The Morgan fingerprint density at radius 1 is 1.09 bits per heavy atom. The van der Waals surface area contributed by atoms with Crippen molar-refractivity contribution in [3.8, 4) is 22.6 Å². The third-order valence-electron chi connectivity index (χ3n) is 6.28. The lowest BCUT2D eigenvalue weighted by Crippen LogP contribution is -2.27. The van der Waals surface area contributed by atoms with Crippen LogP contribution in [-0.2, 0) is 7.05 Å². The van der Waals surface area contributed by atoms with Crippen molar-refractivity contribution in [1.29, 1.82) is 0 Å². The normalized spacial score (nSPS) is 15.3. The minimum atomic E-state index is -0.515. The second kappa shape index (κ2) is 8.02. The first-order chi connectivity index (χ1) is 16.6. The molecule has 0 bridgehead atoms. The van der Waals surface area contributed by atoms with Crippen molar-refractivity contribution in [2.24, 2.45) is 7.05 Å². The molecule has 34 heavy (non-hydrogen) atoms. The van der Waals surface area contributed by atoms with Gasteiger partial charge in [0.1, 0.15) is 23.4 Å². The maximum Gasteiger partial charge on any atom is 0.263 e. The molecule has 2 fully saturated rings. The molecule has 1 N–H and O–H groups in total. The zero-order chi connectivity index (χ0) is 23.2. The summed E-state index contributed by atoms with van der Waals surface area (Å²) in [4.78, 5) is 35.0. The first-order valence-corrected chi connectivity index (χ1v) is 11.4. The van der Waals surface area contributed by atoms with E-state index in [0.29, 0.717) is 29.3 Å². The van der Waals surface area contributed by atoms with E-state index in [1.807, 2.05) is 22.8 Å². The van der Waals surface area contributed by atoms with E-state index < -0.39 is 5.91 Å². The lowest BCUT2D eigenvalue weighted by atomic mass is 10.1. The van der Waals surface area contributed by atoms with Gasteiger partial charge in [-0.3, -0.25) is 14.6 Å². The minimum Gasteiger partial charge on any atom is -0.317 e. The van der Waals surface area contributed by atoms with Crippen LogP contribution in [-0.4, -0.2) is 35.2 Å². The van der Waals surface area contributed by atoms with E-state index in [1.165, 1.54) is 17.4 Å². The fraction of sp³-hybridized carbons (Fsp3) is 0.280. The van der Waals surface area contributed by atoms with Gasteiger partial charge in [-0.15, -0.1) is 10.2 Å². The molecule has 4 aromatic heterocycles. The average Bonchev–Trinajstić information content (AvgIpc) is 3.79. The van der Waals surface area contributed by atoms with Crippen LogP contribution in [0.4, 0.5) is 5.82 Å². The molecular weight excluding hydrogens is 430 g/mol. The number of nitrogens with one attached hydrogen (secondary N) is 1. The van der Waals surface area contributed by atoms with Crippen molar-refractivity contribution in [2.75, 3.05) is 5.32 Å². The van der Waals surface area contributed by atoms with Crippen molar-refractivity contribution >= 4 is 11.7 Å². The number of aromatic nitrogens is 6. The van der Waals surface area contributed by atoms with E-state index in [-0.39, 0.29) is 11.1 Å². The van der Waals surface area contributed by atoms with E-state index in [9.17, 15) is 9.59 Å². The Morgan fingerprint density at radius 2 is 1.94 bits per heavy atom. The Kier molecular flexibility index (Phi) is 4.83. The number of hydrogen-bond acceptors (Lipinski definition) is 6. The molecule has 0 aromatic carbocycles. The number of pyridine rings is 3. The Labute approximate surface area is 195 Å². The van der Waals surface area contributed by atoms with Crippen LogP contribution in [0.1, 0.15) is 53.7 Å². The van der Waals surface area contributed by atoms with Crippen molar-refractivity contribution in [1.82, 2.24) is 29.3 Å². The molecule has 0 atom stereocenters. The Balaban J connectivity index is 1.28. The SMILES string of the molecule is Cn1cc(-c2ccc(C3CC3)nc2)cc(C(=O)Nc2cccc(-c3nncn3C3CC3)n2)c1=O. The summed E-state index contributed by atoms with van der Waals surface area (Å²) >= 11 is 0. The van der Waals surface area contributed by atoms with Gasteiger partial charge in [0, 0.05) is 48.2 Å². The van der Waals surface area contributed by atoms with E-state index in [1.54, 1.807) is 44.0 Å². The fourth-order valence-corrected chi connectivity index (χ4v) is 4.09. The minimum absolute atomic E-state index is 0.0413. The summed E-state index contributed by atoms with van der Waals surface area (Å²) in [5, 5.41) is 11.0. The van der Waals surface area contributed by atoms with Crippen LogP contribution in [0.15, 0.2) is 59.9 Å². The highest BCUT2D eigenvalue weighted by atomic mass is 16.2. The van der Waals surface area contributed by atoms with Crippen LogP contribution in [0.5, 0.6) is 0 Å². The number of carbonyl (C=O) groups excluding carboxylic acids is 1. The number of anilines is 1. The van der Waals surface area contributed by atoms with Crippen LogP contribution in [0.3, 0.4) is 0 Å². The third kappa shape index (κ3) is 3.89. The van der Waals surface area contributed by atoms with Gasteiger partial charge < -0.3 is 14.5 Å². The number of hydrogen-bond donors (Lipinski definition) is 1. The van der Waals surface area contributed by atoms with Crippen molar-refractivity contribution in [3.63, 3.8) is 0 Å². The summed E-state index contributed by atoms with van der Waals surface area (Å²) in [6.45, 7) is 0. The maximum atomic E-state index is 13.1. The largest absolute Gasteiger partial charge is 0.317 e. The van der Waals surface area contributed by atoms with Crippen LogP contribution in [0.25, 0.3) is 22.6 Å². The van der Waals surface area contributed by atoms with Crippen LogP contribution >= 0.6 is 0 Å². The van der Waals surface area contributed by atoms with E-state index in [4.69, 9.17) is 0 Å². The molecule has 0 unspecified atom stereocenters. The van der Waals surface area contributed by atoms with Crippen LogP contribution in [0.2, 0.25) is 0 Å². The van der Waals surface area contributed by atoms with Gasteiger partial charge in [-0.05, 0) is 49.9 Å². The highest BCUT2D eigenvalue weighted by molar-refractivity contribution is 6.04. The van der Waals surface area contributed by atoms with Gasteiger partial charge in [-0.1, -0.05) is 12.1 Å². The van der Waals surface area contributed by atoms with E-state index >= 15 is 0 Å². The van der Waals surface area contributed by atoms with Gasteiger partial charge >= 0.3 is 0 Å². The summed E-state index contributed by atoms with van der Waals surface area (Å²) in [6.07, 6.45) is 9.79. The molecule has 0 radical (unpaired) electrons. The number of nitrogens with zero attached hydrogens (tertiary/aromatic N) is 6. The standard InChI is InChI=1S/C25H23N7O2/c1-31-13-17(16-7-10-20(26-12-16)15-5-6-15)11-19(25(31)34)24(33)29-22-4-2-3-21(28-22)23-30-27-14-32(23)18-8-9-18/h2-4,7,10-15,18H,5-6,8-9H2,1H3,(H,28,29,33). The molecule has 1 amide bonds. The number of amides is 1.